The largest absolute Gasteiger partial charge is 0.494 e. The molecule has 1 saturated heterocycles. The smallest absolute Gasteiger partial charge is 0.277 e. The molecule has 2 amide bonds. The van der Waals surface area contributed by atoms with Gasteiger partial charge >= 0.3 is 0 Å². The fraction of sp³-hybridized carbons (Fsp3) is 0.333. The minimum Gasteiger partial charge on any atom is -0.494 e. The van der Waals surface area contributed by atoms with E-state index in [9.17, 15) is 9.59 Å². The molecule has 0 unspecified atom stereocenters. The van der Waals surface area contributed by atoms with Crippen LogP contribution in [0.3, 0.4) is 0 Å². The number of rotatable bonds is 6. The second-order valence-electron chi connectivity index (χ2n) is 7.60. The number of imide groups is 1. The van der Waals surface area contributed by atoms with Gasteiger partial charge < -0.3 is 15.0 Å². The topological polar surface area (TPSA) is 61.9 Å². The lowest BCUT2D eigenvalue weighted by Crippen LogP contribution is -2.29. The minimum atomic E-state index is -0.330. The second-order valence-corrected chi connectivity index (χ2v) is 7.60. The van der Waals surface area contributed by atoms with Crippen LogP contribution in [0.5, 0.6) is 5.75 Å². The molecule has 156 valence electrons. The third-order valence-corrected chi connectivity index (χ3v) is 5.60. The lowest BCUT2D eigenvalue weighted by molar-refractivity contribution is -0.135. The Morgan fingerprint density at radius 1 is 0.900 bits per heavy atom. The Balaban J connectivity index is 1.60. The predicted octanol–water partition coefficient (Wildman–Crippen LogP) is 3.90. The number of amides is 2. The summed E-state index contributed by atoms with van der Waals surface area (Å²) in [6.45, 7) is 4.65. The van der Waals surface area contributed by atoms with Crippen LogP contribution in [0.4, 0.5) is 11.4 Å². The molecule has 0 saturated carbocycles. The summed E-state index contributed by atoms with van der Waals surface area (Å²) in [6, 6.07) is 15.3. The highest BCUT2D eigenvalue weighted by Gasteiger charge is 2.36. The molecular formula is C24H27N3O3. The number of likely N-dealkylation sites (N-methyl/N-ethyl adjacent to an activating group) is 1. The molecule has 2 aliphatic heterocycles. The molecule has 0 spiro atoms. The highest BCUT2D eigenvalue weighted by molar-refractivity contribution is 6.36. The quantitative estimate of drug-likeness (QED) is 0.739. The number of hydrogen-bond donors (Lipinski definition) is 1. The Morgan fingerprint density at radius 3 is 2.20 bits per heavy atom. The van der Waals surface area contributed by atoms with Crippen molar-refractivity contribution in [3.8, 4) is 5.75 Å². The maximum Gasteiger partial charge on any atom is 0.277 e. The maximum absolute atomic E-state index is 12.8. The van der Waals surface area contributed by atoms with Crippen LogP contribution in [-0.4, -0.2) is 43.5 Å². The van der Waals surface area contributed by atoms with Crippen LogP contribution in [0, 0.1) is 0 Å². The molecule has 2 aliphatic rings. The summed E-state index contributed by atoms with van der Waals surface area (Å²) in [4.78, 5) is 29.0. The molecule has 0 atom stereocenters. The normalized spacial score (nSPS) is 17.0. The number of carbonyl (C=O) groups excluding carboxylic acids is 2. The molecular weight excluding hydrogens is 378 g/mol. The molecule has 2 heterocycles. The zero-order valence-corrected chi connectivity index (χ0v) is 17.5. The monoisotopic (exact) mass is 405 g/mol. The maximum atomic E-state index is 12.8. The number of hydrogen-bond acceptors (Lipinski definition) is 5. The van der Waals surface area contributed by atoms with Crippen LogP contribution in [0.15, 0.2) is 54.2 Å². The summed E-state index contributed by atoms with van der Waals surface area (Å²) in [5, 5.41) is 3.19. The van der Waals surface area contributed by atoms with Crippen molar-refractivity contribution < 1.29 is 14.3 Å². The first kappa shape index (κ1) is 20.0. The summed E-state index contributed by atoms with van der Waals surface area (Å²) in [7, 11) is 1.51. The highest BCUT2D eigenvalue weighted by Crippen LogP contribution is 2.31. The van der Waals surface area contributed by atoms with E-state index in [1.165, 1.54) is 32.0 Å². The molecule has 0 radical (unpaired) electrons. The van der Waals surface area contributed by atoms with Crippen molar-refractivity contribution in [2.45, 2.75) is 26.2 Å². The third kappa shape index (κ3) is 3.90. The number of nitrogens with one attached hydrogen (secondary N) is 1. The van der Waals surface area contributed by atoms with Crippen molar-refractivity contribution >= 4 is 28.8 Å². The molecule has 4 rings (SSSR count). The molecule has 6 nitrogen and oxygen atoms in total. The van der Waals surface area contributed by atoms with Crippen molar-refractivity contribution in [3.05, 3.63) is 59.8 Å². The number of nitrogens with zero attached hydrogens (tertiary/aromatic N) is 2. The molecule has 0 aromatic heterocycles. The lowest BCUT2D eigenvalue weighted by atomic mass is 10.0. The van der Waals surface area contributed by atoms with Gasteiger partial charge in [-0.15, -0.1) is 0 Å². The number of benzene rings is 2. The Bertz CT molecular complexity index is 958. The number of carbonyl (C=O) groups is 2. The standard InChI is InChI=1S/C24H27N3O3/c1-3-30-20-13-7-17(8-14-20)21-22(24(29)26(2)23(21)28)25-18-9-11-19(12-10-18)27-15-5-4-6-16-27/h7-14,25H,3-6,15-16H2,1-2H3. The van der Waals surface area contributed by atoms with E-state index in [-0.39, 0.29) is 11.8 Å². The van der Waals surface area contributed by atoms with Crippen LogP contribution in [0.2, 0.25) is 0 Å². The highest BCUT2D eigenvalue weighted by atomic mass is 16.5. The van der Waals surface area contributed by atoms with Gasteiger partial charge in [0.05, 0.1) is 12.2 Å². The number of anilines is 2. The van der Waals surface area contributed by atoms with Gasteiger partial charge in [-0.25, -0.2) is 0 Å². The SMILES string of the molecule is CCOc1ccc(C2=C(Nc3ccc(N4CCCCC4)cc3)C(=O)N(C)C2=O)cc1. The molecule has 0 bridgehead atoms. The van der Waals surface area contributed by atoms with Crippen LogP contribution in [0.1, 0.15) is 31.7 Å². The molecule has 0 aliphatic carbocycles. The summed E-state index contributed by atoms with van der Waals surface area (Å²) < 4.78 is 5.48. The zero-order valence-electron chi connectivity index (χ0n) is 17.5. The summed E-state index contributed by atoms with van der Waals surface area (Å²) >= 11 is 0. The Kier molecular flexibility index (Phi) is 5.74. The Morgan fingerprint density at radius 2 is 1.57 bits per heavy atom. The van der Waals surface area contributed by atoms with Crippen molar-refractivity contribution in [2.24, 2.45) is 0 Å². The molecule has 1 N–H and O–H groups in total. The van der Waals surface area contributed by atoms with Gasteiger partial charge in [0.15, 0.2) is 0 Å². The van der Waals surface area contributed by atoms with Crippen molar-refractivity contribution in [1.82, 2.24) is 4.90 Å². The van der Waals surface area contributed by atoms with Gasteiger partial charge in [0.1, 0.15) is 11.4 Å². The Hall–Kier alpha value is -3.28. The average molecular weight is 405 g/mol. The van der Waals surface area contributed by atoms with Gasteiger partial charge in [0.25, 0.3) is 11.8 Å². The van der Waals surface area contributed by atoms with E-state index in [0.717, 1.165) is 29.4 Å². The molecule has 30 heavy (non-hydrogen) atoms. The van der Waals surface area contributed by atoms with Crippen LogP contribution >= 0.6 is 0 Å². The molecule has 2 aromatic carbocycles. The predicted molar refractivity (Wildman–Crippen MR) is 118 cm³/mol. The zero-order chi connectivity index (χ0) is 21.1. The van der Waals surface area contributed by atoms with Crippen molar-refractivity contribution in [3.63, 3.8) is 0 Å². The first-order valence-corrected chi connectivity index (χ1v) is 10.5. The summed E-state index contributed by atoms with van der Waals surface area (Å²) in [6.07, 6.45) is 3.74. The van der Waals surface area contributed by atoms with Gasteiger partial charge in [-0.3, -0.25) is 14.5 Å². The number of ether oxygens (including phenoxy) is 1. The van der Waals surface area contributed by atoms with E-state index in [1.807, 2.05) is 43.3 Å². The van der Waals surface area contributed by atoms with E-state index in [0.29, 0.717) is 23.4 Å². The Labute approximate surface area is 177 Å². The summed E-state index contributed by atoms with van der Waals surface area (Å²) in [5.41, 5.74) is 3.34. The number of piperidine rings is 1. The molecule has 1 fully saturated rings. The molecule has 6 heteroatoms. The van der Waals surface area contributed by atoms with Crippen LogP contribution in [-0.2, 0) is 9.59 Å². The first-order chi connectivity index (χ1) is 14.6. The van der Waals surface area contributed by atoms with Gasteiger partial charge in [-0.05, 0) is 68.1 Å². The van der Waals surface area contributed by atoms with Gasteiger partial charge in [0, 0.05) is 31.5 Å². The van der Waals surface area contributed by atoms with Gasteiger partial charge in [0.2, 0.25) is 0 Å². The van der Waals surface area contributed by atoms with Gasteiger partial charge in [-0.1, -0.05) is 12.1 Å². The van der Waals surface area contributed by atoms with E-state index < -0.39 is 0 Å². The van der Waals surface area contributed by atoms with Crippen LogP contribution < -0.4 is 15.0 Å². The van der Waals surface area contributed by atoms with Crippen molar-refractivity contribution in [2.75, 3.05) is 37.0 Å². The second kappa shape index (κ2) is 8.61. The van der Waals surface area contributed by atoms with Crippen LogP contribution in [0.25, 0.3) is 5.57 Å². The van der Waals surface area contributed by atoms with E-state index >= 15 is 0 Å². The fourth-order valence-corrected chi connectivity index (χ4v) is 3.96. The van der Waals surface area contributed by atoms with E-state index in [4.69, 9.17) is 4.74 Å². The van der Waals surface area contributed by atoms with Gasteiger partial charge in [-0.2, -0.15) is 0 Å². The first-order valence-electron chi connectivity index (χ1n) is 10.5. The third-order valence-electron chi connectivity index (χ3n) is 5.60. The summed E-state index contributed by atoms with van der Waals surface area (Å²) in [5.74, 6) is 0.0929. The molecule has 2 aromatic rings. The minimum absolute atomic E-state index is 0.303. The van der Waals surface area contributed by atoms with Crippen molar-refractivity contribution in [1.29, 1.82) is 0 Å². The van der Waals surface area contributed by atoms with E-state index in [2.05, 4.69) is 22.3 Å². The average Bonchev–Trinajstić information content (AvgIpc) is 2.99. The lowest BCUT2D eigenvalue weighted by Gasteiger charge is -2.28. The van der Waals surface area contributed by atoms with E-state index in [1.54, 1.807) is 0 Å². The fourth-order valence-electron chi connectivity index (χ4n) is 3.96.